The van der Waals surface area contributed by atoms with E-state index in [1.807, 2.05) is 0 Å². The number of hydrogen-bond donors (Lipinski definition) is 8. The summed E-state index contributed by atoms with van der Waals surface area (Å²) < 4.78 is 11.1. The molecule has 1 amide bonds. The number of aliphatic hydroxyl groups is 7. The standard InChI is InChI=1S/C66H121NO10/c1-3-5-7-9-11-13-15-17-19-21-23-25-27-29-30-32-34-36-38-40-42-44-46-48-50-52-54-59(70)65(75)67-57(56-76-66-64(74)63(73)62(72)60(55-68)77-66)61(71)58(69)53-51-49-47-45-43-41-39-37-35-33-31-28-26-24-22-20-18-16-14-12-10-8-6-4-2/h23,25,28-31,37,39,45,47,57-64,66,68-74H,3-22,24,26-27,32-36,38,40-44,46,48-56H2,1-2H3,(H,67,75)/b25-23-,30-29-,31-28+,39-37+,47-45+. The van der Waals surface area contributed by atoms with Gasteiger partial charge in [-0.25, -0.2) is 0 Å². The molecule has 11 heteroatoms. The SMILES string of the molecule is CCCCCCCCCCC/C=C\C/C=C\CCCCCCCCCCCCC(O)C(=O)NC(COC1OC(CO)C(O)C(O)C1O)C(O)C(O)CCC/C=C/CC/C=C/CC/C=C/CCCCCCCCCCCCC. The molecule has 0 spiro atoms. The van der Waals surface area contributed by atoms with Crippen LogP contribution in [-0.4, -0.2) is 110 Å². The van der Waals surface area contributed by atoms with Gasteiger partial charge in [0.25, 0.3) is 0 Å². The van der Waals surface area contributed by atoms with Crippen molar-refractivity contribution in [3.05, 3.63) is 60.8 Å². The molecule has 9 atom stereocenters. The van der Waals surface area contributed by atoms with Crippen molar-refractivity contribution in [2.24, 2.45) is 0 Å². The first-order valence-corrected chi connectivity index (χ1v) is 32.2. The van der Waals surface area contributed by atoms with Gasteiger partial charge in [0.2, 0.25) is 5.91 Å². The molecular weight excluding hydrogens is 967 g/mol. The van der Waals surface area contributed by atoms with Gasteiger partial charge in [-0.2, -0.15) is 0 Å². The van der Waals surface area contributed by atoms with Crippen LogP contribution in [0.4, 0.5) is 0 Å². The number of rotatable bonds is 55. The van der Waals surface area contributed by atoms with Crippen molar-refractivity contribution in [1.82, 2.24) is 5.32 Å². The summed E-state index contributed by atoms with van der Waals surface area (Å²) in [7, 11) is 0. The summed E-state index contributed by atoms with van der Waals surface area (Å²) in [4.78, 5) is 13.2. The molecule has 1 aliphatic rings. The number of carbonyl (C=O) groups is 1. The van der Waals surface area contributed by atoms with E-state index in [-0.39, 0.29) is 12.8 Å². The molecule has 0 bridgehead atoms. The minimum atomic E-state index is -1.68. The zero-order chi connectivity index (χ0) is 56.1. The highest BCUT2D eigenvalue weighted by molar-refractivity contribution is 5.80. The maximum Gasteiger partial charge on any atom is 0.249 e. The molecule has 9 unspecified atom stereocenters. The smallest absolute Gasteiger partial charge is 0.249 e. The number of unbranched alkanes of at least 4 members (excludes halogenated alkanes) is 33. The number of hydrogen-bond acceptors (Lipinski definition) is 10. The number of amides is 1. The Bertz CT molecular complexity index is 1430. The van der Waals surface area contributed by atoms with Crippen LogP contribution in [0.1, 0.15) is 284 Å². The lowest BCUT2D eigenvalue weighted by Gasteiger charge is -2.40. The van der Waals surface area contributed by atoms with E-state index in [2.05, 4.69) is 79.9 Å². The number of carbonyl (C=O) groups excluding carboxylic acids is 1. The van der Waals surface area contributed by atoms with Crippen LogP contribution in [0.3, 0.4) is 0 Å². The molecule has 0 aromatic carbocycles. The van der Waals surface area contributed by atoms with Gasteiger partial charge in [-0.15, -0.1) is 0 Å². The molecule has 1 heterocycles. The highest BCUT2D eigenvalue weighted by Gasteiger charge is 2.44. The lowest BCUT2D eigenvalue weighted by atomic mass is 9.98. The number of aliphatic hydroxyl groups excluding tert-OH is 7. The van der Waals surface area contributed by atoms with Crippen molar-refractivity contribution in [3.8, 4) is 0 Å². The lowest BCUT2D eigenvalue weighted by Crippen LogP contribution is -2.60. The van der Waals surface area contributed by atoms with E-state index in [4.69, 9.17) is 9.47 Å². The minimum Gasteiger partial charge on any atom is -0.394 e. The van der Waals surface area contributed by atoms with E-state index in [0.717, 1.165) is 57.8 Å². The van der Waals surface area contributed by atoms with Gasteiger partial charge in [0.1, 0.15) is 36.6 Å². The van der Waals surface area contributed by atoms with E-state index < -0.39 is 74.2 Å². The monoisotopic (exact) mass is 1090 g/mol. The number of ether oxygens (including phenoxy) is 2. The zero-order valence-electron chi connectivity index (χ0n) is 49.4. The molecule has 0 aromatic rings. The highest BCUT2D eigenvalue weighted by atomic mass is 16.7. The summed E-state index contributed by atoms with van der Waals surface area (Å²) in [6.45, 7) is 3.46. The molecule has 1 rings (SSSR count). The first-order valence-electron chi connectivity index (χ1n) is 32.2. The van der Waals surface area contributed by atoms with Crippen LogP contribution < -0.4 is 5.32 Å². The van der Waals surface area contributed by atoms with E-state index >= 15 is 0 Å². The Hall–Kier alpha value is -2.19. The fourth-order valence-electron chi connectivity index (χ4n) is 10.0. The highest BCUT2D eigenvalue weighted by Crippen LogP contribution is 2.23. The Balaban J connectivity index is 2.31. The quantitative estimate of drug-likeness (QED) is 0.0215. The average Bonchev–Trinajstić information content (AvgIpc) is 3.43. The zero-order valence-corrected chi connectivity index (χ0v) is 49.4. The van der Waals surface area contributed by atoms with Crippen molar-refractivity contribution < 1.29 is 50.0 Å². The molecule has 0 aromatic heterocycles. The summed E-state index contributed by atoms with van der Waals surface area (Å²) in [5.74, 6) is -0.714. The molecule has 8 N–H and O–H groups in total. The second kappa shape index (κ2) is 54.4. The second-order valence-corrected chi connectivity index (χ2v) is 22.5. The van der Waals surface area contributed by atoms with E-state index in [1.165, 1.54) is 180 Å². The normalized spacial score (nSPS) is 19.9. The van der Waals surface area contributed by atoms with E-state index in [9.17, 15) is 40.5 Å². The van der Waals surface area contributed by atoms with Crippen LogP contribution in [0.25, 0.3) is 0 Å². The van der Waals surface area contributed by atoms with Gasteiger partial charge >= 0.3 is 0 Å². The van der Waals surface area contributed by atoms with Crippen LogP contribution in [0, 0.1) is 0 Å². The topological polar surface area (TPSA) is 189 Å². The van der Waals surface area contributed by atoms with Gasteiger partial charge in [0, 0.05) is 0 Å². The molecular formula is C66H121NO10. The molecule has 77 heavy (non-hydrogen) atoms. The molecule has 1 fully saturated rings. The first kappa shape index (κ1) is 72.8. The van der Waals surface area contributed by atoms with E-state index in [0.29, 0.717) is 19.3 Å². The molecule has 11 nitrogen and oxygen atoms in total. The molecule has 1 aliphatic heterocycles. The number of nitrogens with one attached hydrogen (secondary N) is 1. The molecule has 0 saturated carbocycles. The first-order chi connectivity index (χ1) is 37.7. The van der Waals surface area contributed by atoms with E-state index in [1.54, 1.807) is 0 Å². The third kappa shape index (κ3) is 42.3. The lowest BCUT2D eigenvalue weighted by molar-refractivity contribution is -0.303. The average molecular weight is 1090 g/mol. The molecule has 0 aliphatic carbocycles. The largest absolute Gasteiger partial charge is 0.394 e. The molecule has 0 radical (unpaired) electrons. The maximum absolute atomic E-state index is 13.2. The van der Waals surface area contributed by atoms with Gasteiger partial charge in [0.15, 0.2) is 6.29 Å². The summed E-state index contributed by atoms with van der Waals surface area (Å²) in [6.07, 6.45) is 60.0. The third-order valence-electron chi connectivity index (χ3n) is 15.2. The predicted octanol–water partition coefficient (Wildman–Crippen LogP) is 14.6. The molecule has 1 saturated heterocycles. The summed E-state index contributed by atoms with van der Waals surface area (Å²) in [6, 6.07) is -1.20. The van der Waals surface area contributed by atoms with Crippen molar-refractivity contribution >= 4 is 5.91 Å². The predicted molar refractivity (Wildman–Crippen MR) is 321 cm³/mol. The van der Waals surface area contributed by atoms with Crippen LogP contribution >= 0.6 is 0 Å². The molecule has 450 valence electrons. The Morgan fingerprint density at radius 1 is 0.455 bits per heavy atom. The van der Waals surface area contributed by atoms with Crippen LogP contribution in [0.5, 0.6) is 0 Å². The van der Waals surface area contributed by atoms with Crippen molar-refractivity contribution in [3.63, 3.8) is 0 Å². The van der Waals surface area contributed by atoms with Gasteiger partial charge < -0.3 is 50.5 Å². The summed E-state index contributed by atoms with van der Waals surface area (Å²) >= 11 is 0. The summed E-state index contributed by atoms with van der Waals surface area (Å²) in [5.41, 5.74) is 0. The van der Waals surface area contributed by atoms with Gasteiger partial charge in [-0.05, 0) is 96.3 Å². The number of allylic oxidation sites excluding steroid dienone is 10. The fraction of sp³-hybridized carbons (Fsp3) is 0.833. The fourth-order valence-corrected chi connectivity index (χ4v) is 10.0. The van der Waals surface area contributed by atoms with Crippen molar-refractivity contribution in [1.29, 1.82) is 0 Å². The van der Waals surface area contributed by atoms with Gasteiger partial charge in [-0.3, -0.25) is 4.79 Å². The Kier molecular flexibility index (Phi) is 51.4. The van der Waals surface area contributed by atoms with Gasteiger partial charge in [0.05, 0.1) is 25.4 Å². The Labute approximate surface area is 472 Å². The van der Waals surface area contributed by atoms with Gasteiger partial charge in [-0.1, -0.05) is 248 Å². The van der Waals surface area contributed by atoms with Crippen LogP contribution in [0.2, 0.25) is 0 Å². The second-order valence-electron chi connectivity index (χ2n) is 22.5. The van der Waals surface area contributed by atoms with Crippen LogP contribution in [0.15, 0.2) is 60.8 Å². The van der Waals surface area contributed by atoms with Crippen molar-refractivity contribution in [2.45, 2.75) is 339 Å². The summed E-state index contributed by atoms with van der Waals surface area (Å²) in [5, 5.41) is 76.3. The maximum atomic E-state index is 13.2. The van der Waals surface area contributed by atoms with Crippen molar-refractivity contribution in [2.75, 3.05) is 13.2 Å². The van der Waals surface area contributed by atoms with Crippen LogP contribution in [-0.2, 0) is 14.3 Å². The minimum absolute atomic E-state index is 0.239. The Morgan fingerprint density at radius 3 is 1.23 bits per heavy atom. The third-order valence-corrected chi connectivity index (χ3v) is 15.2. The Morgan fingerprint density at radius 2 is 0.818 bits per heavy atom.